The smallest absolute Gasteiger partial charge is 0.228 e. The molecule has 1 aromatic heterocycles. The highest BCUT2D eigenvalue weighted by Crippen LogP contribution is 2.11. The van der Waals surface area contributed by atoms with Gasteiger partial charge in [0.1, 0.15) is 0 Å². The molecule has 0 radical (unpaired) electrons. The number of nitrogens with zero attached hydrogens (tertiary/aromatic N) is 2. The van der Waals surface area contributed by atoms with Gasteiger partial charge in [0.05, 0.1) is 5.69 Å². The van der Waals surface area contributed by atoms with Gasteiger partial charge in [-0.25, -0.2) is 0 Å². The lowest BCUT2D eigenvalue weighted by atomic mass is 10.3. The molecule has 1 aromatic rings. The molecule has 0 spiro atoms. The lowest BCUT2D eigenvalue weighted by Crippen LogP contribution is -2.44. The van der Waals surface area contributed by atoms with Crippen LogP contribution in [0.2, 0.25) is 0 Å². The maximum Gasteiger partial charge on any atom is 0.228 e. The number of aromatic amines is 1. The zero-order valence-corrected chi connectivity index (χ0v) is 10.3. The van der Waals surface area contributed by atoms with Gasteiger partial charge in [-0.2, -0.15) is 0 Å². The van der Waals surface area contributed by atoms with E-state index in [2.05, 4.69) is 15.2 Å². The number of hydrogen-bond acceptors (Lipinski definition) is 3. The summed E-state index contributed by atoms with van der Waals surface area (Å²) in [4.78, 5) is 19.0. The molecular formula is C12H20N4O. The van der Waals surface area contributed by atoms with Crippen LogP contribution in [-0.4, -0.2) is 55.6 Å². The van der Waals surface area contributed by atoms with E-state index in [1.54, 1.807) is 4.90 Å². The highest BCUT2D eigenvalue weighted by atomic mass is 16.2. The van der Waals surface area contributed by atoms with Crippen LogP contribution >= 0.6 is 0 Å². The van der Waals surface area contributed by atoms with E-state index in [1.807, 2.05) is 25.5 Å². The van der Waals surface area contributed by atoms with Gasteiger partial charge in [-0.15, -0.1) is 0 Å². The average Bonchev–Trinajstić information content (AvgIpc) is 2.90. The number of rotatable bonds is 4. The Bertz CT molecular complexity index is 343. The third-order valence-electron chi connectivity index (χ3n) is 3.19. The van der Waals surface area contributed by atoms with Crippen LogP contribution in [0.1, 0.15) is 6.42 Å². The summed E-state index contributed by atoms with van der Waals surface area (Å²) in [7, 11) is 1.82. The van der Waals surface area contributed by atoms with Crippen molar-refractivity contribution < 1.29 is 4.79 Å². The molecule has 17 heavy (non-hydrogen) atoms. The Labute approximate surface area is 102 Å². The number of nitrogens with one attached hydrogen (secondary N) is 2. The highest BCUT2D eigenvalue weighted by molar-refractivity contribution is 5.92. The molecule has 5 nitrogen and oxygen atoms in total. The lowest BCUT2D eigenvalue weighted by molar-refractivity contribution is -0.118. The molecule has 1 saturated heterocycles. The van der Waals surface area contributed by atoms with E-state index in [4.69, 9.17) is 0 Å². The van der Waals surface area contributed by atoms with E-state index >= 15 is 0 Å². The second kappa shape index (κ2) is 5.84. The summed E-state index contributed by atoms with van der Waals surface area (Å²) in [6.07, 6.45) is 4.25. The van der Waals surface area contributed by atoms with E-state index in [-0.39, 0.29) is 5.91 Å². The summed E-state index contributed by atoms with van der Waals surface area (Å²) < 4.78 is 0. The zero-order valence-electron chi connectivity index (χ0n) is 10.3. The van der Waals surface area contributed by atoms with Crippen molar-refractivity contribution in [2.75, 3.05) is 44.7 Å². The van der Waals surface area contributed by atoms with Crippen LogP contribution in [0.3, 0.4) is 0 Å². The van der Waals surface area contributed by atoms with Crippen LogP contribution < -0.4 is 10.2 Å². The molecule has 0 unspecified atom stereocenters. The van der Waals surface area contributed by atoms with Gasteiger partial charge in [-0.1, -0.05) is 0 Å². The molecule has 2 rings (SSSR count). The SMILES string of the molecule is CN(C(=O)CCN1CCNCC1)c1cc[nH]c1. The van der Waals surface area contributed by atoms with Crippen molar-refractivity contribution in [1.82, 2.24) is 15.2 Å². The topological polar surface area (TPSA) is 51.4 Å². The van der Waals surface area contributed by atoms with Crippen molar-refractivity contribution in [1.29, 1.82) is 0 Å². The van der Waals surface area contributed by atoms with Crippen molar-refractivity contribution in [3.05, 3.63) is 18.5 Å². The predicted molar refractivity (Wildman–Crippen MR) is 68.1 cm³/mol. The zero-order chi connectivity index (χ0) is 12.1. The minimum Gasteiger partial charge on any atom is -0.366 e. The normalized spacial score (nSPS) is 17.0. The number of anilines is 1. The van der Waals surface area contributed by atoms with Crippen molar-refractivity contribution in [2.45, 2.75) is 6.42 Å². The van der Waals surface area contributed by atoms with Gasteiger partial charge in [-0.05, 0) is 6.07 Å². The van der Waals surface area contributed by atoms with Gasteiger partial charge >= 0.3 is 0 Å². The van der Waals surface area contributed by atoms with Crippen LogP contribution in [0.4, 0.5) is 5.69 Å². The molecule has 1 amide bonds. The van der Waals surface area contributed by atoms with Crippen LogP contribution in [0, 0.1) is 0 Å². The summed E-state index contributed by atoms with van der Waals surface area (Å²) in [5.74, 6) is 0.170. The molecule has 0 bridgehead atoms. The number of H-pyrrole nitrogens is 1. The highest BCUT2D eigenvalue weighted by Gasteiger charge is 2.14. The van der Waals surface area contributed by atoms with Crippen LogP contribution in [0.5, 0.6) is 0 Å². The van der Waals surface area contributed by atoms with Gasteiger partial charge in [0.15, 0.2) is 0 Å². The van der Waals surface area contributed by atoms with E-state index in [0.29, 0.717) is 6.42 Å². The molecule has 0 aromatic carbocycles. The van der Waals surface area contributed by atoms with Crippen LogP contribution in [0.25, 0.3) is 0 Å². The van der Waals surface area contributed by atoms with Crippen LogP contribution in [-0.2, 0) is 4.79 Å². The Kier molecular flexibility index (Phi) is 4.17. The molecule has 2 N–H and O–H groups in total. The number of amides is 1. The summed E-state index contributed by atoms with van der Waals surface area (Å²) in [5.41, 5.74) is 0.926. The Hall–Kier alpha value is -1.33. The maximum atomic E-state index is 12.0. The third kappa shape index (κ3) is 3.31. The minimum absolute atomic E-state index is 0.170. The first-order valence-electron chi connectivity index (χ1n) is 6.10. The van der Waals surface area contributed by atoms with Crippen molar-refractivity contribution in [2.24, 2.45) is 0 Å². The fourth-order valence-corrected chi connectivity index (χ4v) is 2.02. The molecule has 5 heteroatoms. The largest absolute Gasteiger partial charge is 0.366 e. The lowest BCUT2D eigenvalue weighted by Gasteiger charge is -2.27. The third-order valence-corrected chi connectivity index (χ3v) is 3.19. The van der Waals surface area contributed by atoms with Gasteiger partial charge in [0, 0.05) is 58.6 Å². The summed E-state index contributed by atoms with van der Waals surface area (Å²) in [6.45, 7) is 5.00. The molecule has 0 saturated carbocycles. The van der Waals surface area contributed by atoms with Crippen molar-refractivity contribution in [3.63, 3.8) is 0 Å². The first kappa shape index (κ1) is 12.1. The fourth-order valence-electron chi connectivity index (χ4n) is 2.02. The molecule has 1 aliphatic rings. The summed E-state index contributed by atoms with van der Waals surface area (Å²) in [5, 5.41) is 3.31. The van der Waals surface area contributed by atoms with Gasteiger partial charge in [0.2, 0.25) is 5.91 Å². The Morgan fingerprint density at radius 3 is 2.88 bits per heavy atom. The predicted octanol–water partition coefficient (Wildman–Crippen LogP) is 0.273. The quantitative estimate of drug-likeness (QED) is 0.789. The molecule has 94 valence electrons. The second-order valence-corrected chi connectivity index (χ2v) is 4.36. The van der Waals surface area contributed by atoms with Gasteiger partial charge < -0.3 is 20.1 Å². The maximum absolute atomic E-state index is 12.0. The fraction of sp³-hybridized carbons (Fsp3) is 0.583. The first-order chi connectivity index (χ1) is 8.27. The van der Waals surface area contributed by atoms with Gasteiger partial charge in [0.25, 0.3) is 0 Å². The van der Waals surface area contributed by atoms with E-state index in [1.165, 1.54) is 0 Å². The molecule has 0 atom stereocenters. The number of aromatic nitrogens is 1. The monoisotopic (exact) mass is 236 g/mol. The van der Waals surface area contributed by atoms with E-state index in [0.717, 1.165) is 38.4 Å². The molecule has 1 fully saturated rings. The Morgan fingerprint density at radius 2 is 2.24 bits per heavy atom. The number of piperazine rings is 1. The molecule has 2 heterocycles. The summed E-state index contributed by atoms with van der Waals surface area (Å²) >= 11 is 0. The van der Waals surface area contributed by atoms with Gasteiger partial charge in [-0.3, -0.25) is 4.79 Å². The minimum atomic E-state index is 0.170. The molecular weight excluding hydrogens is 216 g/mol. The average molecular weight is 236 g/mol. The number of carbonyl (C=O) groups is 1. The first-order valence-corrected chi connectivity index (χ1v) is 6.10. The molecule has 1 aliphatic heterocycles. The molecule has 0 aliphatic carbocycles. The Balaban J connectivity index is 1.76. The van der Waals surface area contributed by atoms with Crippen LogP contribution in [0.15, 0.2) is 18.5 Å². The number of carbonyl (C=O) groups excluding carboxylic acids is 1. The van der Waals surface area contributed by atoms with Crippen molar-refractivity contribution in [3.8, 4) is 0 Å². The van der Waals surface area contributed by atoms with Crippen molar-refractivity contribution >= 4 is 11.6 Å². The second-order valence-electron chi connectivity index (χ2n) is 4.36. The van der Waals surface area contributed by atoms with E-state index in [9.17, 15) is 4.79 Å². The summed E-state index contributed by atoms with van der Waals surface area (Å²) in [6, 6.07) is 1.91. The number of hydrogen-bond donors (Lipinski definition) is 2. The standard InChI is InChI=1S/C12H20N4O/c1-15(11-2-4-14-10-11)12(17)3-7-16-8-5-13-6-9-16/h2,4,10,13-14H,3,5-9H2,1H3. The Morgan fingerprint density at radius 1 is 1.47 bits per heavy atom. The van der Waals surface area contributed by atoms with E-state index < -0.39 is 0 Å².